The van der Waals surface area contributed by atoms with Crippen LogP contribution in [-0.2, 0) is 11.3 Å². The molecule has 0 aliphatic carbocycles. The summed E-state index contributed by atoms with van der Waals surface area (Å²) in [6.45, 7) is 7.39. The summed E-state index contributed by atoms with van der Waals surface area (Å²) in [6, 6.07) is 21.4. The number of nitrogens with one attached hydrogen (secondary N) is 1. The molecule has 85 heavy (non-hydrogen) atoms. The van der Waals surface area contributed by atoms with E-state index in [1.807, 2.05) is 68.2 Å². The molecule has 0 amide bonds. The normalized spacial score (nSPS) is 18.2. The number of rotatable bonds is 11. The van der Waals surface area contributed by atoms with Crippen LogP contribution in [0.25, 0.3) is 39.5 Å². The molecule has 3 unspecified atom stereocenters. The Labute approximate surface area is 491 Å². The van der Waals surface area contributed by atoms with Crippen LogP contribution in [0.3, 0.4) is 0 Å². The van der Waals surface area contributed by atoms with Gasteiger partial charge in [0.15, 0.2) is 16.9 Å². The summed E-state index contributed by atoms with van der Waals surface area (Å²) in [5.74, 6) is -0.311. The predicted octanol–water partition coefficient (Wildman–Crippen LogP) is 11.4. The van der Waals surface area contributed by atoms with Crippen molar-refractivity contribution < 1.29 is 31.1 Å². The maximum absolute atomic E-state index is 14.5. The highest BCUT2D eigenvalue weighted by Gasteiger charge is 2.33. The van der Waals surface area contributed by atoms with Gasteiger partial charge < -0.3 is 19.4 Å². The zero-order valence-corrected chi connectivity index (χ0v) is 47.3. The van der Waals surface area contributed by atoms with Gasteiger partial charge in [0, 0.05) is 79.5 Å². The van der Waals surface area contributed by atoms with Crippen molar-refractivity contribution in [1.29, 1.82) is 0 Å². The standard InChI is InChI=1S/C25H27F2N7O.C19H16F2N6.C16H13BrF2N4/c26-19-3-4-21(27)20(14-19)22-2-1-7-33(22)25-6-5-24-28-16-23(34(24)30-25)18-15-29-32(17-18)9-8-31-10-12-35-13-11-31;20-13-3-4-15(21)14(8-13)16-2-1-7-26(16)19-6-5-18-22-11-17(27(18)25-19)12-9-23-24-10-12;17-14-9-20-15-5-6-16(21-23(14)15)22-7-1-2-13(22)11-8-10(18)3-4-12(11)19/h3-6,14-17,22H,1-2,7-13H2;3-6,8-11,16H,1-2,7H2,(H,23,24);3-6,8-9,13H,1-2,7H2. The lowest BCUT2D eigenvalue weighted by atomic mass is 10.0. The van der Waals surface area contributed by atoms with Gasteiger partial charge in [-0.25, -0.2) is 54.8 Å². The SMILES string of the molecule is Fc1ccc(F)c(C2CCCN2c2ccc3ncc(-c4cn[nH]c4)n3n2)c1.Fc1ccc(F)c(C2CCCN2c2ccc3ncc(-c4cnn(CCN5CCOCC5)c4)n3n2)c1.Fc1ccc(F)c(C2CCCN2c2ccc3ncc(Br)n3n2)c1. The predicted molar refractivity (Wildman–Crippen MR) is 310 cm³/mol. The number of fused-ring (bicyclic) bond motifs is 3. The molecule has 4 saturated heterocycles. The van der Waals surface area contributed by atoms with E-state index in [1.165, 1.54) is 36.4 Å². The lowest BCUT2D eigenvalue weighted by Crippen LogP contribution is -2.38. The number of halogens is 7. The summed E-state index contributed by atoms with van der Waals surface area (Å²) in [6.07, 6.45) is 17.5. The maximum atomic E-state index is 14.5. The topological polar surface area (TPSA) is 159 Å². The molecule has 0 radical (unpaired) electrons. The quantitative estimate of drug-likeness (QED) is 0.122. The number of benzene rings is 3. The van der Waals surface area contributed by atoms with E-state index in [-0.39, 0.29) is 23.9 Å². The number of ether oxygens (including phenoxy) is 1. The fraction of sp³-hybridized carbons (Fsp3) is 0.300. The van der Waals surface area contributed by atoms with E-state index in [9.17, 15) is 26.3 Å². The molecule has 8 aromatic heterocycles. The van der Waals surface area contributed by atoms with Crippen molar-refractivity contribution in [3.8, 4) is 22.5 Å². The van der Waals surface area contributed by atoms with Crippen LogP contribution in [0.5, 0.6) is 0 Å². The van der Waals surface area contributed by atoms with Crippen LogP contribution in [0.1, 0.15) is 73.3 Å². The Morgan fingerprint density at radius 1 is 0.494 bits per heavy atom. The van der Waals surface area contributed by atoms with Gasteiger partial charge in [0.05, 0.1) is 80.3 Å². The monoisotopic (exact) mass is 1220 g/mol. The molecule has 3 atom stereocenters. The second-order valence-corrected chi connectivity index (χ2v) is 22.0. The lowest BCUT2D eigenvalue weighted by molar-refractivity contribution is 0.0360. The minimum Gasteiger partial charge on any atom is -0.379 e. The van der Waals surface area contributed by atoms with E-state index in [4.69, 9.17) is 14.9 Å². The molecule has 1 N–H and O–H groups in total. The fourth-order valence-electron chi connectivity index (χ4n) is 11.9. The Balaban J connectivity index is 0.000000122. The minimum absolute atomic E-state index is 0.210. The Bertz CT molecular complexity index is 4150. The lowest BCUT2D eigenvalue weighted by Gasteiger charge is -2.26. The van der Waals surface area contributed by atoms with Gasteiger partial charge in [-0.1, -0.05) is 0 Å². The zero-order valence-electron chi connectivity index (χ0n) is 45.7. The van der Waals surface area contributed by atoms with E-state index in [1.54, 1.807) is 44.5 Å². The van der Waals surface area contributed by atoms with Crippen molar-refractivity contribution in [2.45, 2.75) is 63.2 Å². The van der Waals surface area contributed by atoms with E-state index in [0.29, 0.717) is 34.0 Å². The summed E-state index contributed by atoms with van der Waals surface area (Å²) < 4.78 is 97.4. The van der Waals surface area contributed by atoms with E-state index >= 15 is 0 Å². The largest absolute Gasteiger partial charge is 0.379 e. The average Bonchev–Trinajstić information content (AvgIpc) is 3.21. The number of aromatic amines is 1. The second kappa shape index (κ2) is 24.1. The van der Waals surface area contributed by atoms with Crippen molar-refractivity contribution in [3.05, 3.63) is 191 Å². The highest BCUT2D eigenvalue weighted by molar-refractivity contribution is 9.10. The van der Waals surface area contributed by atoms with Crippen LogP contribution >= 0.6 is 15.9 Å². The number of imidazole rings is 3. The third kappa shape index (κ3) is 11.5. The van der Waals surface area contributed by atoms with E-state index in [2.05, 4.69) is 56.2 Å². The zero-order chi connectivity index (χ0) is 58.1. The molecule has 4 aliphatic rings. The van der Waals surface area contributed by atoms with Gasteiger partial charge in [-0.3, -0.25) is 14.7 Å². The number of hydrogen-bond acceptors (Lipinski definition) is 13. The summed E-state index contributed by atoms with van der Waals surface area (Å²) >= 11 is 3.40. The summed E-state index contributed by atoms with van der Waals surface area (Å²) in [5.41, 5.74) is 6.74. The number of hydrogen-bond donors (Lipinski definition) is 1. The fourth-order valence-corrected chi connectivity index (χ4v) is 12.3. The first-order chi connectivity index (χ1) is 41.5. The van der Waals surface area contributed by atoms with E-state index < -0.39 is 29.1 Å². The Morgan fingerprint density at radius 2 is 0.953 bits per heavy atom. The van der Waals surface area contributed by atoms with Crippen LogP contribution in [0, 0.1) is 34.9 Å². The molecule has 12 heterocycles. The first kappa shape index (κ1) is 55.5. The summed E-state index contributed by atoms with van der Waals surface area (Å²) in [5, 5.41) is 25.4. The number of nitrogens with zero attached hydrogens (tertiary/aromatic N) is 16. The van der Waals surface area contributed by atoms with Gasteiger partial charge in [-0.05, 0) is 145 Å². The molecule has 4 fully saturated rings. The van der Waals surface area contributed by atoms with Gasteiger partial charge in [0.25, 0.3) is 0 Å². The van der Waals surface area contributed by atoms with Gasteiger partial charge in [0.1, 0.15) is 57.0 Å². The third-order valence-corrected chi connectivity index (χ3v) is 16.6. The van der Waals surface area contributed by atoms with Gasteiger partial charge >= 0.3 is 0 Å². The molecule has 11 aromatic rings. The molecule has 4 aliphatic heterocycles. The highest BCUT2D eigenvalue weighted by Crippen LogP contribution is 2.40. The van der Waals surface area contributed by atoms with Crippen molar-refractivity contribution in [2.24, 2.45) is 0 Å². The van der Waals surface area contributed by atoms with Crippen LogP contribution in [0.2, 0.25) is 0 Å². The molecule has 18 nitrogen and oxygen atoms in total. The molecule has 3 aromatic carbocycles. The Morgan fingerprint density at radius 3 is 1.44 bits per heavy atom. The molecular formula is C60H56BrF6N17O. The van der Waals surface area contributed by atoms with Gasteiger partial charge in [-0.2, -0.15) is 10.2 Å². The molecule has 25 heteroatoms. The van der Waals surface area contributed by atoms with Crippen LogP contribution in [-0.4, -0.2) is 121 Å². The molecule has 436 valence electrons. The molecule has 0 bridgehead atoms. The maximum Gasteiger partial charge on any atom is 0.154 e. The van der Waals surface area contributed by atoms with Crippen molar-refractivity contribution in [2.75, 3.05) is 67.2 Å². The molecular weight excluding hydrogens is 1170 g/mol. The Hall–Kier alpha value is -8.68. The highest BCUT2D eigenvalue weighted by atomic mass is 79.9. The minimum atomic E-state index is -0.432. The molecule has 0 saturated carbocycles. The van der Waals surface area contributed by atoms with Gasteiger partial charge in [0.2, 0.25) is 0 Å². The van der Waals surface area contributed by atoms with Gasteiger partial charge in [-0.15, -0.1) is 15.3 Å². The first-order valence-electron chi connectivity index (χ1n) is 28.2. The Kier molecular flexibility index (Phi) is 15.8. The molecule has 0 spiro atoms. The number of anilines is 3. The van der Waals surface area contributed by atoms with Crippen LogP contribution in [0.15, 0.2) is 139 Å². The van der Waals surface area contributed by atoms with Crippen molar-refractivity contribution in [1.82, 2.24) is 68.7 Å². The third-order valence-electron chi connectivity index (χ3n) is 16.1. The van der Waals surface area contributed by atoms with Crippen molar-refractivity contribution >= 4 is 50.3 Å². The van der Waals surface area contributed by atoms with Crippen LogP contribution < -0.4 is 14.7 Å². The summed E-state index contributed by atoms with van der Waals surface area (Å²) in [4.78, 5) is 21.6. The second-order valence-electron chi connectivity index (χ2n) is 21.2. The van der Waals surface area contributed by atoms with Crippen molar-refractivity contribution in [3.63, 3.8) is 0 Å². The average molecular weight is 1230 g/mol. The smallest absolute Gasteiger partial charge is 0.154 e. The summed E-state index contributed by atoms with van der Waals surface area (Å²) in [7, 11) is 0. The van der Waals surface area contributed by atoms with Crippen LogP contribution in [0.4, 0.5) is 43.8 Å². The number of aromatic nitrogens is 13. The number of H-pyrrole nitrogens is 1. The van der Waals surface area contributed by atoms with E-state index in [0.717, 1.165) is 160 Å². The molecule has 15 rings (SSSR count). The first-order valence-corrected chi connectivity index (χ1v) is 29.0. The number of morpholine rings is 1.